The fraction of sp³-hybridized carbons (Fsp3) is 0.846. The van der Waals surface area contributed by atoms with Gasteiger partial charge in [0.25, 0.3) is 0 Å². The highest BCUT2D eigenvalue weighted by Gasteiger charge is 1.98. The molecular weight excluding hydrogens is 284 g/mol. The van der Waals surface area contributed by atoms with Crippen molar-refractivity contribution >= 4 is 11.9 Å². The molecule has 0 aliphatic rings. The Morgan fingerprint density at radius 2 is 1.14 bits per heavy atom. The van der Waals surface area contributed by atoms with Gasteiger partial charge in [0.05, 0.1) is 53.4 Å². The maximum atomic E-state index is 10.7. The summed E-state index contributed by atoms with van der Waals surface area (Å²) in [6, 6.07) is 0. The number of carbonyl (C=O) groups excluding carboxylic acids is 2. The van der Waals surface area contributed by atoms with Crippen LogP contribution in [-0.2, 0) is 38.0 Å². The zero-order valence-electron chi connectivity index (χ0n) is 12.6. The Morgan fingerprint density at radius 3 is 1.57 bits per heavy atom. The molecule has 0 saturated carbocycles. The highest BCUT2D eigenvalue weighted by Crippen LogP contribution is 1.84. The number of methoxy groups -OCH3 is 1. The Morgan fingerprint density at radius 1 is 0.714 bits per heavy atom. The van der Waals surface area contributed by atoms with Gasteiger partial charge in [0, 0.05) is 6.92 Å². The third-order valence-corrected chi connectivity index (χ3v) is 2.10. The SMILES string of the molecule is COC(=O)COCCOCCOCCOCCOC(C)=O. The molecule has 0 aromatic rings. The molecule has 0 N–H and O–H groups in total. The zero-order chi connectivity index (χ0) is 15.8. The molecular formula is C13H24O8. The van der Waals surface area contributed by atoms with Gasteiger partial charge in [-0.25, -0.2) is 4.79 Å². The van der Waals surface area contributed by atoms with Gasteiger partial charge in [-0.3, -0.25) is 4.79 Å². The van der Waals surface area contributed by atoms with Crippen LogP contribution in [0.4, 0.5) is 0 Å². The summed E-state index contributed by atoms with van der Waals surface area (Å²) < 4.78 is 29.7. The van der Waals surface area contributed by atoms with Gasteiger partial charge in [-0.05, 0) is 0 Å². The van der Waals surface area contributed by atoms with E-state index >= 15 is 0 Å². The largest absolute Gasteiger partial charge is 0.467 e. The molecule has 124 valence electrons. The first-order valence-corrected chi connectivity index (χ1v) is 6.68. The molecule has 21 heavy (non-hydrogen) atoms. The van der Waals surface area contributed by atoms with E-state index < -0.39 is 5.97 Å². The van der Waals surface area contributed by atoms with Gasteiger partial charge in [0.1, 0.15) is 13.2 Å². The first-order valence-electron chi connectivity index (χ1n) is 6.68. The summed E-state index contributed by atoms with van der Waals surface area (Å²) in [6.07, 6.45) is 0. The van der Waals surface area contributed by atoms with E-state index in [1.165, 1.54) is 14.0 Å². The Balaban J connectivity index is 3.02. The predicted molar refractivity (Wildman–Crippen MR) is 71.9 cm³/mol. The van der Waals surface area contributed by atoms with E-state index in [-0.39, 0.29) is 19.2 Å². The highest BCUT2D eigenvalue weighted by atomic mass is 16.6. The molecule has 8 nitrogen and oxygen atoms in total. The van der Waals surface area contributed by atoms with E-state index in [1.54, 1.807) is 0 Å². The van der Waals surface area contributed by atoms with Crippen molar-refractivity contribution in [2.75, 3.05) is 66.6 Å². The van der Waals surface area contributed by atoms with Crippen molar-refractivity contribution in [2.24, 2.45) is 0 Å². The minimum absolute atomic E-state index is 0.0684. The highest BCUT2D eigenvalue weighted by molar-refractivity contribution is 5.70. The van der Waals surface area contributed by atoms with Crippen LogP contribution in [0.3, 0.4) is 0 Å². The molecule has 0 amide bonds. The van der Waals surface area contributed by atoms with E-state index in [9.17, 15) is 9.59 Å². The topological polar surface area (TPSA) is 89.5 Å². The van der Waals surface area contributed by atoms with Crippen LogP contribution >= 0.6 is 0 Å². The molecule has 0 heterocycles. The lowest BCUT2D eigenvalue weighted by Gasteiger charge is -2.07. The standard InChI is InChI=1S/C13H24O8/c1-12(14)21-10-9-19-6-5-17-3-4-18-7-8-20-11-13(15)16-2/h3-11H2,1-2H3. The van der Waals surface area contributed by atoms with Crippen molar-refractivity contribution in [3.8, 4) is 0 Å². The second-order valence-electron chi connectivity index (χ2n) is 3.81. The number of hydrogen-bond donors (Lipinski definition) is 0. The van der Waals surface area contributed by atoms with Crippen LogP contribution in [0.5, 0.6) is 0 Å². The van der Waals surface area contributed by atoms with Gasteiger partial charge in [-0.15, -0.1) is 0 Å². The molecule has 0 atom stereocenters. The maximum absolute atomic E-state index is 10.7. The Hall–Kier alpha value is -1.22. The summed E-state index contributed by atoms with van der Waals surface area (Å²) >= 11 is 0. The van der Waals surface area contributed by atoms with Crippen molar-refractivity contribution in [3.05, 3.63) is 0 Å². The first kappa shape index (κ1) is 19.8. The molecule has 0 aromatic carbocycles. The normalized spacial score (nSPS) is 10.4. The van der Waals surface area contributed by atoms with Crippen LogP contribution in [0.1, 0.15) is 6.92 Å². The summed E-state index contributed by atoms with van der Waals surface area (Å²) in [5.74, 6) is -0.727. The number of hydrogen-bond acceptors (Lipinski definition) is 8. The average molecular weight is 308 g/mol. The maximum Gasteiger partial charge on any atom is 0.331 e. The monoisotopic (exact) mass is 308 g/mol. The summed E-state index contributed by atoms with van der Waals surface area (Å²) in [4.78, 5) is 21.1. The number of ether oxygens (including phenoxy) is 6. The van der Waals surface area contributed by atoms with E-state index in [2.05, 4.69) is 4.74 Å². The zero-order valence-corrected chi connectivity index (χ0v) is 12.6. The quantitative estimate of drug-likeness (QED) is 0.322. The molecule has 0 aliphatic heterocycles. The second-order valence-corrected chi connectivity index (χ2v) is 3.81. The third kappa shape index (κ3) is 16.7. The van der Waals surface area contributed by atoms with Gasteiger partial charge in [0.15, 0.2) is 0 Å². The molecule has 0 unspecified atom stereocenters. The minimum atomic E-state index is -0.410. The van der Waals surface area contributed by atoms with E-state index in [1.807, 2.05) is 0 Å². The Labute approximate surface area is 124 Å². The van der Waals surface area contributed by atoms with E-state index in [0.29, 0.717) is 46.2 Å². The summed E-state index contributed by atoms with van der Waals surface area (Å²) in [5.41, 5.74) is 0. The van der Waals surface area contributed by atoms with Crippen LogP contribution in [0.15, 0.2) is 0 Å². The second kappa shape index (κ2) is 15.2. The lowest BCUT2D eigenvalue weighted by atomic mass is 10.6. The number of rotatable bonds is 14. The minimum Gasteiger partial charge on any atom is -0.467 e. The van der Waals surface area contributed by atoms with Gasteiger partial charge >= 0.3 is 11.9 Å². The van der Waals surface area contributed by atoms with Crippen LogP contribution in [0, 0.1) is 0 Å². The smallest absolute Gasteiger partial charge is 0.331 e. The molecule has 0 rings (SSSR count). The number of esters is 2. The summed E-state index contributed by atoms with van der Waals surface area (Å²) in [6.45, 7) is 4.38. The van der Waals surface area contributed by atoms with E-state index in [4.69, 9.17) is 23.7 Å². The lowest BCUT2D eigenvalue weighted by Crippen LogP contribution is -2.15. The third-order valence-electron chi connectivity index (χ3n) is 2.10. The molecule has 0 aromatic heterocycles. The number of carbonyl (C=O) groups is 2. The first-order chi connectivity index (χ1) is 10.2. The van der Waals surface area contributed by atoms with E-state index in [0.717, 1.165) is 0 Å². The fourth-order valence-electron chi connectivity index (χ4n) is 1.12. The Bertz CT molecular complexity index is 269. The van der Waals surface area contributed by atoms with Crippen molar-refractivity contribution in [3.63, 3.8) is 0 Å². The molecule has 8 heteroatoms. The van der Waals surface area contributed by atoms with Crippen molar-refractivity contribution in [2.45, 2.75) is 6.92 Å². The van der Waals surface area contributed by atoms with Crippen LogP contribution in [0.25, 0.3) is 0 Å². The van der Waals surface area contributed by atoms with Gasteiger partial charge in [-0.2, -0.15) is 0 Å². The van der Waals surface area contributed by atoms with Crippen molar-refractivity contribution in [1.29, 1.82) is 0 Å². The van der Waals surface area contributed by atoms with Crippen LogP contribution < -0.4 is 0 Å². The Kier molecular flexibility index (Phi) is 14.3. The summed E-state index contributed by atoms with van der Waals surface area (Å²) in [5, 5.41) is 0. The summed E-state index contributed by atoms with van der Waals surface area (Å²) in [7, 11) is 1.31. The average Bonchev–Trinajstić information content (AvgIpc) is 2.46. The van der Waals surface area contributed by atoms with Gasteiger partial charge in [0.2, 0.25) is 0 Å². The van der Waals surface area contributed by atoms with Gasteiger partial charge < -0.3 is 28.4 Å². The molecule has 0 spiro atoms. The molecule has 0 radical (unpaired) electrons. The fourth-order valence-corrected chi connectivity index (χ4v) is 1.12. The molecule has 0 bridgehead atoms. The van der Waals surface area contributed by atoms with Crippen molar-refractivity contribution < 1.29 is 38.0 Å². The van der Waals surface area contributed by atoms with Gasteiger partial charge in [-0.1, -0.05) is 0 Å². The van der Waals surface area contributed by atoms with Crippen LogP contribution in [0.2, 0.25) is 0 Å². The lowest BCUT2D eigenvalue weighted by molar-refractivity contribution is -0.146. The molecule has 0 fully saturated rings. The van der Waals surface area contributed by atoms with Crippen molar-refractivity contribution in [1.82, 2.24) is 0 Å². The predicted octanol–water partition coefficient (Wildman–Crippen LogP) is -0.211. The van der Waals surface area contributed by atoms with Crippen LogP contribution in [-0.4, -0.2) is 78.5 Å². The molecule has 0 saturated heterocycles. The molecule has 0 aliphatic carbocycles.